The molecule has 0 aromatic heterocycles. The highest BCUT2D eigenvalue weighted by molar-refractivity contribution is 7.92. The van der Waals surface area contributed by atoms with E-state index in [1.54, 1.807) is 43.5 Å². The maximum absolute atomic E-state index is 13.5. The fraction of sp³-hybridized carbons (Fsp3) is 0.321. The molecule has 1 saturated heterocycles. The summed E-state index contributed by atoms with van der Waals surface area (Å²) in [4.78, 5) is 15.2. The smallest absolute Gasteiger partial charge is 0.262 e. The van der Waals surface area contributed by atoms with Crippen LogP contribution < -0.4 is 19.1 Å². The van der Waals surface area contributed by atoms with Crippen LogP contribution in [0.5, 0.6) is 11.5 Å². The van der Waals surface area contributed by atoms with Crippen LogP contribution in [-0.4, -0.2) is 41.5 Å². The van der Waals surface area contributed by atoms with Gasteiger partial charge in [-0.15, -0.1) is 0 Å². The monoisotopic (exact) mass is 526 g/mol. The summed E-state index contributed by atoms with van der Waals surface area (Å²) in [6.07, 6.45) is 1.67. The van der Waals surface area contributed by atoms with Gasteiger partial charge in [-0.3, -0.25) is 9.52 Å². The Morgan fingerprint density at radius 2 is 1.73 bits per heavy atom. The Hall–Kier alpha value is -3.59. The van der Waals surface area contributed by atoms with Crippen molar-refractivity contribution >= 4 is 27.2 Å². The van der Waals surface area contributed by atoms with Crippen molar-refractivity contribution in [2.75, 3.05) is 36.9 Å². The highest BCUT2D eigenvalue weighted by atomic mass is 32.2. The molecular weight excluding hydrogens is 495 g/mol. The lowest BCUT2D eigenvalue weighted by molar-refractivity contribution is 0.0900. The molecule has 0 bridgehead atoms. The fourth-order valence-electron chi connectivity index (χ4n) is 4.81. The van der Waals surface area contributed by atoms with Crippen molar-refractivity contribution in [3.63, 3.8) is 0 Å². The number of hydrogen-bond acceptors (Lipinski definition) is 6. The minimum atomic E-state index is -3.90. The Morgan fingerprint density at radius 3 is 2.35 bits per heavy atom. The highest BCUT2D eigenvalue weighted by Crippen LogP contribution is 2.39. The second-order valence-electron chi connectivity index (χ2n) is 8.92. The third-order valence-electron chi connectivity index (χ3n) is 6.70. The molecule has 7 nitrogen and oxygen atoms in total. The van der Waals surface area contributed by atoms with Gasteiger partial charge in [-0.1, -0.05) is 13.0 Å². The number of rotatable bonds is 9. The third-order valence-corrected chi connectivity index (χ3v) is 8.16. The quantitative estimate of drug-likeness (QED) is 0.381. The summed E-state index contributed by atoms with van der Waals surface area (Å²) in [5.74, 6) is 0.576. The van der Waals surface area contributed by atoms with Crippen LogP contribution in [-0.2, 0) is 16.4 Å². The number of nitrogens with one attached hydrogen (secondary N) is 1. The first-order chi connectivity index (χ1) is 17.8. The Bertz CT molecular complexity index is 1370. The number of anilines is 2. The second kappa shape index (κ2) is 11.2. The number of carbonyl (C=O) groups excluding carboxylic acids is 1. The molecular formula is C28H31FN2O5S. The van der Waals surface area contributed by atoms with Gasteiger partial charge in [0.1, 0.15) is 17.3 Å². The van der Waals surface area contributed by atoms with Gasteiger partial charge in [0.15, 0.2) is 5.78 Å². The topological polar surface area (TPSA) is 84.9 Å². The lowest BCUT2D eigenvalue weighted by Gasteiger charge is -2.35. The first kappa shape index (κ1) is 26.5. The van der Waals surface area contributed by atoms with Crippen molar-refractivity contribution < 1.29 is 27.1 Å². The number of ether oxygens (including phenoxy) is 2. The predicted molar refractivity (Wildman–Crippen MR) is 142 cm³/mol. The highest BCUT2D eigenvalue weighted by Gasteiger charge is 2.30. The van der Waals surface area contributed by atoms with Gasteiger partial charge in [-0.25, -0.2) is 12.8 Å². The summed E-state index contributed by atoms with van der Waals surface area (Å²) in [5.41, 5.74) is 2.28. The van der Waals surface area contributed by atoms with E-state index in [4.69, 9.17) is 9.47 Å². The number of Topliss-reactive ketones (excluding diaryl/α,β-unsaturated/α-hetero) is 1. The van der Waals surface area contributed by atoms with E-state index in [0.29, 0.717) is 60.7 Å². The molecule has 0 aliphatic carbocycles. The Balaban J connectivity index is 1.60. The molecule has 3 aromatic carbocycles. The van der Waals surface area contributed by atoms with Gasteiger partial charge in [0, 0.05) is 30.6 Å². The predicted octanol–water partition coefficient (Wildman–Crippen LogP) is 5.31. The maximum atomic E-state index is 13.5. The Kier molecular flexibility index (Phi) is 8.02. The minimum absolute atomic E-state index is 0.00106. The van der Waals surface area contributed by atoms with Crippen molar-refractivity contribution in [3.05, 3.63) is 77.6 Å². The second-order valence-corrected chi connectivity index (χ2v) is 10.6. The lowest BCUT2D eigenvalue weighted by Crippen LogP contribution is -2.37. The average Bonchev–Trinajstić information content (AvgIpc) is 2.92. The van der Waals surface area contributed by atoms with E-state index in [9.17, 15) is 17.6 Å². The van der Waals surface area contributed by atoms with Gasteiger partial charge < -0.3 is 14.4 Å². The standard InChI is InChI=1S/C28H31FN2O5S/c1-4-24-26(37(33,34)30-22-6-5-7-23(18-22)35-2)13-12-25(36-3)27(24)31-16-14-20(15-17-31)28(32)19-8-10-21(29)11-9-19/h5-13,18,20,30H,4,14-17H2,1-3H3. The number of carbonyl (C=O) groups is 1. The molecule has 1 N–H and O–H groups in total. The summed E-state index contributed by atoms with van der Waals surface area (Å²) in [6.45, 7) is 3.04. The molecule has 0 saturated carbocycles. The Labute approximate surface area is 217 Å². The molecule has 1 aliphatic heterocycles. The van der Waals surface area contributed by atoms with Crippen LogP contribution >= 0.6 is 0 Å². The number of halogens is 1. The summed E-state index contributed by atoms with van der Waals surface area (Å²) in [6, 6.07) is 15.6. The van der Waals surface area contributed by atoms with Crippen molar-refractivity contribution in [2.24, 2.45) is 5.92 Å². The van der Waals surface area contributed by atoms with Crippen molar-refractivity contribution in [3.8, 4) is 11.5 Å². The molecule has 0 unspecified atom stereocenters. The van der Waals surface area contributed by atoms with Gasteiger partial charge in [0.25, 0.3) is 10.0 Å². The summed E-state index contributed by atoms with van der Waals surface area (Å²) >= 11 is 0. The largest absolute Gasteiger partial charge is 0.497 e. The normalized spacial score (nSPS) is 14.3. The zero-order valence-electron chi connectivity index (χ0n) is 21.2. The minimum Gasteiger partial charge on any atom is -0.497 e. The van der Waals surface area contributed by atoms with Gasteiger partial charge >= 0.3 is 0 Å². The molecule has 0 amide bonds. The zero-order chi connectivity index (χ0) is 26.6. The van der Waals surface area contributed by atoms with E-state index < -0.39 is 10.0 Å². The maximum Gasteiger partial charge on any atom is 0.262 e. The van der Waals surface area contributed by atoms with Gasteiger partial charge in [-0.05, 0) is 73.4 Å². The Morgan fingerprint density at radius 1 is 1.03 bits per heavy atom. The molecule has 4 rings (SSSR count). The van der Waals surface area contributed by atoms with Crippen molar-refractivity contribution in [1.82, 2.24) is 0 Å². The molecule has 1 fully saturated rings. The van der Waals surface area contributed by atoms with Crippen LogP contribution in [0.3, 0.4) is 0 Å². The van der Waals surface area contributed by atoms with E-state index in [1.165, 1.54) is 31.4 Å². The number of benzene rings is 3. The van der Waals surface area contributed by atoms with Gasteiger partial charge in [0.05, 0.1) is 30.5 Å². The van der Waals surface area contributed by atoms with E-state index in [1.807, 2.05) is 6.92 Å². The van der Waals surface area contributed by atoms with E-state index in [2.05, 4.69) is 9.62 Å². The third kappa shape index (κ3) is 5.72. The number of hydrogen-bond donors (Lipinski definition) is 1. The van der Waals surface area contributed by atoms with E-state index in [-0.39, 0.29) is 22.4 Å². The van der Waals surface area contributed by atoms with E-state index in [0.717, 1.165) is 5.69 Å². The fourth-order valence-corrected chi connectivity index (χ4v) is 6.17. The zero-order valence-corrected chi connectivity index (χ0v) is 22.0. The number of piperidine rings is 1. The van der Waals surface area contributed by atoms with Gasteiger partial charge in [0.2, 0.25) is 0 Å². The van der Waals surface area contributed by atoms with Crippen LogP contribution in [0.1, 0.15) is 35.7 Å². The van der Waals surface area contributed by atoms with Crippen molar-refractivity contribution in [2.45, 2.75) is 31.1 Å². The average molecular weight is 527 g/mol. The first-order valence-corrected chi connectivity index (χ1v) is 13.7. The molecule has 0 spiro atoms. The SMILES string of the molecule is CCc1c(S(=O)(=O)Nc2cccc(OC)c2)ccc(OC)c1N1CCC(C(=O)c2ccc(F)cc2)CC1. The van der Waals surface area contributed by atoms with Crippen LogP contribution in [0.15, 0.2) is 65.6 Å². The summed E-state index contributed by atoms with van der Waals surface area (Å²) in [5, 5.41) is 0. The lowest BCUT2D eigenvalue weighted by atomic mass is 9.88. The molecule has 196 valence electrons. The number of methoxy groups -OCH3 is 2. The van der Waals surface area contributed by atoms with Crippen LogP contribution in [0, 0.1) is 11.7 Å². The number of nitrogens with zero attached hydrogens (tertiary/aromatic N) is 1. The van der Waals surface area contributed by atoms with Crippen LogP contribution in [0.2, 0.25) is 0 Å². The first-order valence-electron chi connectivity index (χ1n) is 12.2. The molecule has 0 atom stereocenters. The molecule has 9 heteroatoms. The van der Waals surface area contributed by atoms with Crippen LogP contribution in [0.25, 0.3) is 0 Å². The number of ketones is 1. The summed E-state index contributed by atoms with van der Waals surface area (Å²) < 4.78 is 53.7. The molecule has 1 aliphatic rings. The molecule has 3 aromatic rings. The van der Waals surface area contributed by atoms with Gasteiger partial charge in [-0.2, -0.15) is 0 Å². The molecule has 37 heavy (non-hydrogen) atoms. The van der Waals surface area contributed by atoms with E-state index >= 15 is 0 Å². The number of sulfonamides is 1. The molecule has 0 radical (unpaired) electrons. The summed E-state index contributed by atoms with van der Waals surface area (Å²) in [7, 11) is -0.819. The van der Waals surface area contributed by atoms with Crippen molar-refractivity contribution in [1.29, 1.82) is 0 Å². The molecule has 1 heterocycles. The van der Waals surface area contributed by atoms with Crippen LogP contribution in [0.4, 0.5) is 15.8 Å².